The molecular formula is C93H132N8O27S. The van der Waals surface area contributed by atoms with Crippen molar-refractivity contribution in [3.63, 3.8) is 0 Å². The molecule has 0 unspecified atom stereocenters. The van der Waals surface area contributed by atoms with Crippen molar-refractivity contribution < 1.29 is 132 Å². The molecule has 36 heteroatoms. The lowest BCUT2D eigenvalue weighted by molar-refractivity contribution is -0.143. The molecule has 7 amide bonds. The number of ketones is 8. The average molecular weight is 1830 g/mol. The number of phenols is 2. The minimum absolute atomic E-state index is 0.0286. The first-order valence-electron chi connectivity index (χ1n) is 44.1. The summed E-state index contributed by atoms with van der Waals surface area (Å²) < 4.78 is 0. The SMILES string of the molecule is CC[C@H](C)[C@H](NC(=O)[C@H](CO)CC(=O)[C@H](Cc1ccc(O)cc1)NC(=O)[C@H](CC(=O)O)CC(=O)[C@H](CO)NC(=O)[C@@H](CC(=O)[C@H](Cc1ccccc1)NC(=O)[C@@H](CC(=O)CNC(=O)[C@H](CCC(=O)O)CC(=O)CSCC(=O)CCCC1=CCCC1)[C@@H](C)O)[C@@H](C)O)C(=O)C[C@@H](Cc1ccc(O)cc1)C(=O)N[C@@H](CC(C)C)C(=O)C[C@@H](CC(=O)O)C(=O)N[C@H](C)CCCCN. The highest BCUT2D eigenvalue weighted by molar-refractivity contribution is 8.00. The summed E-state index contributed by atoms with van der Waals surface area (Å²) in [5, 5.41) is 111. The van der Waals surface area contributed by atoms with E-state index in [1.807, 2.05) is 0 Å². The molecule has 0 bridgehead atoms. The van der Waals surface area contributed by atoms with Gasteiger partial charge in [-0.05, 0) is 157 Å². The molecule has 712 valence electrons. The number of amides is 7. The number of carbonyl (C=O) groups is 18. The van der Waals surface area contributed by atoms with Crippen LogP contribution in [0.4, 0.5) is 0 Å². The van der Waals surface area contributed by atoms with E-state index in [2.05, 4.69) is 43.3 Å². The minimum Gasteiger partial charge on any atom is -0.508 e. The van der Waals surface area contributed by atoms with Crippen LogP contribution in [0.25, 0.3) is 0 Å². The van der Waals surface area contributed by atoms with Gasteiger partial charge in [-0.25, -0.2) is 0 Å². The highest BCUT2D eigenvalue weighted by atomic mass is 32.2. The van der Waals surface area contributed by atoms with E-state index in [9.17, 15) is 132 Å². The summed E-state index contributed by atoms with van der Waals surface area (Å²) in [5.41, 5.74) is 8.12. The van der Waals surface area contributed by atoms with E-state index in [-0.39, 0.29) is 78.4 Å². The Labute approximate surface area is 756 Å². The number of phenolic OH excluding ortho intramolecular Hbond substituents is 2. The standard InChI is InChI=1S/C93H132N8O27S/c1-8-54(4)86(82(115)42-63(36-60-24-29-67(106)30-25-60)89(124)97-74(35-53(2)3)78(111)40-64(44-84(118)119)88(123)96-55(5)17-14-15-34-94)101-91(126)66(49-102)43-79(112)75(38-61-26-31-68(107)32-27-61)98-90(125)65(45-85(120)121)41-80(113)77(50-103)100-93(128)73(57(7)105)47-81(114)76(37-59-20-10-9-11-21-59)99-92(127)72(56(6)104)46-70(109)48-95-87(122)62(28-33-83(116)117)39-71(110)52-129-51-69(108)23-16-22-58-18-12-13-19-58/h9-11,18,20-21,24-27,29-32,53-57,62-66,72-77,86,102-107H,8,12-17,19,22-23,28,33-52,94H2,1-7H3,(H,95,122)(H,96,123)(H,97,124)(H,98,125)(H,99,127)(H,100,128)(H,101,126)(H,116,117)(H,118,119)(H,120,121)/t54-,55+,56+,57+,62+,63+,64-,65-,66-,72-,73-,74-,75-,76-,77-,86-/m0/s1. The van der Waals surface area contributed by atoms with Gasteiger partial charge in [0.1, 0.15) is 29.1 Å². The van der Waals surface area contributed by atoms with Crippen molar-refractivity contribution in [2.24, 2.45) is 59.0 Å². The number of Topliss-reactive ketones (excluding diaryl/α,β-unsaturated/α-hetero) is 8. The number of hydrogen-bond acceptors (Lipinski definition) is 26. The number of unbranched alkanes of at least 4 members (excludes halogenated alkanes) is 1. The van der Waals surface area contributed by atoms with Crippen molar-refractivity contribution in [3.05, 3.63) is 107 Å². The van der Waals surface area contributed by atoms with Gasteiger partial charge < -0.3 is 88.9 Å². The molecule has 1 aliphatic carbocycles. The van der Waals surface area contributed by atoms with Crippen molar-refractivity contribution in [2.45, 2.75) is 257 Å². The van der Waals surface area contributed by atoms with Crippen molar-refractivity contribution in [2.75, 3.05) is 37.8 Å². The number of allylic oxidation sites excluding steroid dienone is 2. The molecule has 0 radical (unpaired) electrons. The maximum absolute atomic E-state index is 14.8. The molecule has 0 saturated carbocycles. The first-order chi connectivity index (χ1) is 61.0. The highest BCUT2D eigenvalue weighted by Crippen LogP contribution is 2.28. The van der Waals surface area contributed by atoms with Crippen LogP contribution in [0, 0.1) is 53.3 Å². The molecule has 0 heterocycles. The molecule has 4 rings (SSSR count). The van der Waals surface area contributed by atoms with E-state index in [1.165, 1.54) is 61.0 Å². The van der Waals surface area contributed by atoms with Gasteiger partial charge in [0.05, 0.1) is 110 Å². The van der Waals surface area contributed by atoms with Crippen LogP contribution in [0.3, 0.4) is 0 Å². The number of thioether (sulfide) groups is 1. The lowest BCUT2D eigenvalue weighted by Crippen LogP contribution is -2.52. The van der Waals surface area contributed by atoms with Gasteiger partial charge in [0.2, 0.25) is 41.4 Å². The first-order valence-corrected chi connectivity index (χ1v) is 45.3. The van der Waals surface area contributed by atoms with Crippen LogP contribution in [-0.2, 0) is 106 Å². The Morgan fingerprint density at radius 1 is 0.434 bits per heavy atom. The predicted octanol–water partition coefficient (Wildman–Crippen LogP) is 4.56. The van der Waals surface area contributed by atoms with E-state index in [4.69, 9.17) is 5.73 Å². The van der Waals surface area contributed by atoms with Crippen LogP contribution in [0.1, 0.15) is 206 Å². The number of benzene rings is 3. The Morgan fingerprint density at radius 3 is 1.43 bits per heavy atom. The number of aliphatic hydroxyl groups excluding tert-OH is 4. The molecule has 129 heavy (non-hydrogen) atoms. The van der Waals surface area contributed by atoms with Crippen molar-refractivity contribution in [1.82, 2.24) is 37.2 Å². The van der Waals surface area contributed by atoms with E-state index < -0.39 is 280 Å². The summed E-state index contributed by atoms with van der Waals surface area (Å²) in [4.78, 5) is 247. The fourth-order valence-corrected chi connectivity index (χ4v) is 15.8. The Morgan fingerprint density at radius 2 is 0.915 bits per heavy atom. The summed E-state index contributed by atoms with van der Waals surface area (Å²) in [7, 11) is 0. The topological polar surface area (TPSA) is 600 Å². The average Bonchev–Trinajstić information content (AvgIpc) is 1.49. The maximum atomic E-state index is 14.8. The number of aromatic hydroxyl groups is 2. The summed E-state index contributed by atoms with van der Waals surface area (Å²) in [6.07, 6.45) is -2.68. The van der Waals surface area contributed by atoms with Crippen molar-refractivity contribution >= 4 is 117 Å². The van der Waals surface area contributed by atoms with Gasteiger partial charge in [-0.1, -0.05) is 107 Å². The number of hydrogen-bond donors (Lipinski definition) is 17. The number of carboxylic acids is 3. The second-order valence-corrected chi connectivity index (χ2v) is 35.2. The Bertz CT molecular complexity index is 4290. The molecule has 3 aromatic carbocycles. The third-order valence-corrected chi connectivity index (χ3v) is 23.8. The second-order valence-electron chi connectivity index (χ2n) is 34.2. The molecule has 16 atom stereocenters. The third-order valence-electron chi connectivity index (χ3n) is 22.8. The number of nitrogens with one attached hydrogen (secondary N) is 7. The number of aliphatic hydroxyl groups is 4. The van der Waals surface area contributed by atoms with Crippen LogP contribution in [-0.4, -0.2) is 238 Å². The lowest BCUT2D eigenvalue weighted by Gasteiger charge is -2.28. The van der Waals surface area contributed by atoms with Gasteiger partial charge in [-0.2, -0.15) is 0 Å². The molecule has 35 nitrogen and oxygen atoms in total. The zero-order valence-electron chi connectivity index (χ0n) is 74.7. The smallest absolute Gasteiger partial charge is 0.304 e. The summed E-state index contributed by atoms with van der Waals surface area (Å²) in [6, 6.07) is 10.6. The largest absolute Gasteiger partial charge is 0.508 e. The quantitative estimate of drug-likeness (QED) is 0.0272. The number of aliphatic carboxylic acids is 3. The van der Waals surface area contributed by atoms with Crippen LogP contribution in [0.5, 0.6) is 11.5 Å². The van der Waals surface area contributed by atoms with E-state index in [0.717, 1.165) is 44.4 Å². The van der Waals surface area contributed by atoms with Crippen molar-refractivity contribution in [1.29, 1.82) is 0 Å². The van der Waals surface area contributed by atoms with E-state index in [0.29, 0.717) is 49.8 Å². The molecule has 0 aliphatic heterocycles. The lowest BCUT2D eigenvalue weighted by atomic mass is 9.85. The molecule has 0 aromatic heterocycles. The number of carbonyl (C=O) groups excluding carboxylic acids is 15. The molecule has 1 aliphatic rings. The highest BCUT2D eigenvalue weighted by Gasteiger charge is 2.41. The van der Waals surface area contributed by atoms with Crippen LogP contribution in [0.15, 0.2) is 90.5 Å². The van der Waals surface area contributed by atoms with Crippen molar-refractivity contribution in [3.8, 4) is 11.5 Å². The fourth-order valence-electron chi connectivity index (χ4n) is 15.0. The van der Waals surface area contributed by atoms with Gasteiger partial charge in [0, 0.05) is 75.7 Å². The maximum Gasteiger partial charge on any atom is 0.304 e. The molecule has 3 aromatic rings. The van der Waals surface area contributed by atoms with Crippen LogP contribution >= 0.6 is 11.8 Å². The van der Waals surface area contributed by atoms with Gasteiger partial charge in [-0.3, -0.25) is 86.3 Å². The van der Waals surface area contributed by atoms with Gasteiger partial charge in [0.25, 0.3) is 0 Å². The Hall–Kier alpha value is -10.8. The molecule has 0 saturated heterocycles. The number of nitrogens with two attached hydrogens (primary N) is 1. The Kier molecular flexibility index (Phi) is 49.7. The van der Waals surface area contributed by atoms with Crippen LogP contribution < -0.4 is 43.0 Å². The zero-order valence-corrected chi connectivity index (χ0v) is 75.5. The van der Waals surface area contributed by atoms with Gasteiger partial charge >= 0.3 is 17.9 Å². The van der Waals surface area contributed by atoms with Gasteiger partial charge in [0.15, 0.2) is 34.7 Å². The molecule has 0 spiro atoms. The monoisotopic (exact) mass is 1820 g/mol. The Balaban J connectivity index is 1.53. The predicted molar refractivity (Wildman–Crippen MR) is 475 cm³/mol. The zero-order chi connectivity index (χ0) is 96.1. The number of rotatable bonds is 67. The summed E-state index contributed by atoms with van der Waals surface area (Å²) in [6.45, 7) is 8.25. The number of carboxylic acid groups (broad SMARTS) is 3. The molecular weight excluding hydrogens is 1690 g/mol. The minimum atomic E-state index is -1.98. The first kappa shape index (κ1) is 111. The second kappa shape index (κ2) is 58.0. The third kappa shape index (κ3) is 41.7. The summed E-state index contributed by atoms with van der Waals surface area (Å²) in [5.74, 6) is -29.1. The van der Waals surface area contributed by atoms with E-state index >= 15 is 0 Å². The van der Waals surface area contributed by atoms with E-state index in [1.54, 1.807) is 65.0 Å². The summed E-state index contributed by atoms with van der Waals surface area (Å²) >= 11 is 1.07. The molecule has 18 N–H and O–H groups in total. The normalized spacial score (nSPS) is 15.7. The molecule has 0 fully saturated rings. The fraction of sp³-hybridized carbons (Fsp3) is 0.591. The van der Waals surface area contributed by atoms with Crippen LogP contribution in [0.2, 0.25) is 0 Å². The van der Waals surface area contributed by atoms with Gasteiger partial charge in [-0.15, -0.1) is 11.8 Å².